The fourth-order valence-corrected chi connectivity index (χ4v) is 2.25. The standard InChI is InChI=1S/C13H16N8O/c1-3-10(12-14-8-15-20(12)4-2)16-13(22)9-5-6-11-17-18-19-21(11)7-9/h5-8,10H,3-4H2,1-2H3,(H,16,22)/t10-/m0/s1. The molecule has 114 valence electrons. The van der Waals surface area contributed by atoms with E-state index in [9.17, 15) is 4.79 Å². The molecule has 1 atom stereocenters. The number of aryl methyl sites for hydroxylation is 1. The lowest BCUT2D eigenvalue weighted by atomic mass is 10.2. The zero-order chi connectivity index (χ0) is 15.5. The average molecular weight is 300 g/mol. The summed E-state index contributed by atoms with van der Waals surface area (Å²) in [6, 6.07) is 3.20. The molecule has 0 fully saturated rings. The van der Waals surface area contributed by atoms with Gasteiger partial charge in [-0.05, 0) is 35.9 Å². The number of nitrogens with zero attached hydrogens (tertiary/aromatic N) is 7. The molecule has 3 heterocycles. The summed E-state index contributed by atoms with van der Waals surface area (Å²) in [6.07, 6.45) is 3.82. The van der Waals surface area contributed by atoms with Crippen LogP contribution in [0.4, 0.5) is 0 Å². The maximum atomic E-state index is 12.4. The van der Waals surface area contributed by atoms with E-state index < -0.39 is 0 Å². The summed E-state index contributed by atoms with van der Waals surface area (Å²) in [6.45, 7) is 4.68. The molecule has 0 saturated heterocycles. The number of carbonyl (C=O) groups excluding carboxylic acids is 1. The number of aromatic nitrogens is 7. The Kier molecular flexibility index (Phi) is 3.77. The van der Waals surface area contributed by atoms with Crippen LogP contribution >= 0.6 is 0 Å². The van der Waals surface area contributed by atoms with Gasteiger partial charge in [0, 0.05) is 12.7 Å². The van der Waals surface area contributed by atoms with E-state index in [1.807, 2.05) is 13.8 Å². The molecular weight excluding hydrogens is 284 g/mol. The van der Waals surface area contributed by atoms with Crippen molar-refractivity contribution in [3.05, 3.63) is 36.0 Å². The van der Waals surface area contributed by atoms with Gasteiger partial charge >= 0.3 is 0 Å². The minimum atomic E-state index is -0.199. The Bertz CT molecular complexity index is 792. The van der Waals surface area contributed by atoms with Gasteiger partial charge in [0.25, 0.3) is 5.91 Å². The van der Waals surface area contributed by atoms with Gasteiger partial charge in [-0.3, -0.25) is 4.79 Å². The fraction of sp³-hybridized carbons (Fsp3) is 0.385. The maximum absolute atomic E-state index is 12.4. The second-order valence-corrected chi connectivity index (χ2v) is 4.77. The molecule has 0 aliphatic rings. The molecule has 9 heteroatoms. The Morgan fingerprint density at radius 2 is 2.23 bits per heavy atom. The Hall–Kier alpha value is -2.84. The first-order valence-corrected chi connectivity index (χ1v) is 7.09. The van der Waals surface area contributed by atoms with Crippen molar-refractivity contribution in [2.24, 2.45) is 0 Å². The van der Waals surface area contributed by atoms with Crippen LogP contribution in [0.5, 0.6) is 0 Å². The quantitative estimate of drug-likeness (QED) is 0.741. The molecule has 0 bridgehead atoms. The van der Waals surface area contributed by atoms with Crippen LogP contribution in [-0.4, -0.2) is 40.7 Å². The van der Waals surface area contributed by atoms with Crippen LogP contribution in [0.15, 0.2) is 24.7 Å². The third kappa shape index (κ3) is 2.52. The summed E-state index contributed by atoms with van der Waals surface area (Å²) in [7, 11) is 0. The number of fused-ring (bicyclic) bond motifs is 1. The van der Waals surface area contributed by atoms with Crippen molar-refractivity contribution in [3.63, 3.8) is 0 Å². The highest BCUT2D eigenvalue weighted by Crippen LogP contribution is 2.14. The second-order valence-electron chi connectivity index (χ2n) is 4.77. The van der Waals surface area contributed by atoms with Crippen LogP contribution in [0.25, 0.3) is 5.65 Å². The molecule has 1 N–H and O–H groups in total. The third-order valence-corrected chi connectivity index (χ3v) is 3.42. The topological polar surface area (TPSA) is 103 Å². The third-order valence-electron chi connectivity index (χ3n) is 3.42. The van der Waals surface area contributed by atoms with Crippen LogP contribution in [0, 0.1) is 0 Å². The molecule has 0 unspecified atom stereocenters. The molecule has 3 aromatic heterocycles. The van der Waals surface area contributed by atoms with Crippen molar-refractivity contribution in [1.29, 1.82) is 0 Å². The summed E-state index contributed by atoms with van der Waals surface area (Å²) in [5, 5.41) is 18.3. The van der Waals surface area contributed by atoms with E-state index >= 15 is 0 Å². The van der Waals surface area contributed by atoms with E-state index in [2.05, 4.69) is 30.9 Å². The highest BCUT2D eigenvalue weighted by molar-refractivity contribution is 5.94. The number of tetrazole rings is 1. The second kappa shape index (κ2) is 5.88. The van der Waals surface area contributed by atoms with Crippen molar-refractivity contribution in [1.82, 2.24) is 40.1 Å². The Labute approximate surface area is 126 Å². The highest BCUT2D eigenvalue weighted by atomic mass is 16.1. The van der Waals surface area contributed by atoms with Crippen molar-refractivity contribution in [2.75, 3.05) is 0 Å². The molecule has 3 rings (SSSR count). The fourth-order valence-electron chi connectivity index (χ4n) is 2.25. The average Bonchev–Trinajstić information content (AvgIpc) is 3.19. The molecular formula is C13H16N8O. The first-order chi connectivity index (χ1) is 10.7. The molecule has 3 aromatic rings. The van der Waals surface area contributed by atoms with Crippen molar-refractivity contribution >= 4 is 11.6 Å². The van der Waals surface area contributed by atoms with Crippen molar-refractivity contribution in [2.45, 2.75) is 32.9 Å². The molecule has 0 spiro atoms. The van der Waals surface area contributed by atoms with E-state index in [0.29, 0.717) is 17.8 Å². The Morgan fingerprint density at radius 3 is 3.00 bits per heavy atom. The minimum absolute atomic E-state index is 0.195. The van der Waals surface area contributed by atoms with Crippen LogP contribution < -0.4 is 5.32 Å². The van der Waals surface area contributed by atoms with Gasteiger partial charge in [-0.25, -0.2) is 9.67 Å². The minimum Gasteiger partial charge on any atom is -0.342 e. The largest absolute Gasteiger partial charge is 0.342 e. The molecule has 22 heavy (non-hydrogen) atoms. The lowest BCUT2D eigenvalue weighted by molar-refractivity contribution is 0.0932. The first kappa shape index (κ1) is 14.1. The highest BCUT2D eigenvalue weighted by Gasteiger charge is 2.19. The van der Waals surface area contributed by atoms with E-state index in [0.717, 1.165) is 12.2 Å². The van der Waals surface area contributed by atoms with Gasteiger partial charge < -0.3 is 5.32 Å². The summed E-state index contributed by atoms with van der Waals surface area (Å²) < 4.78 is 3.24. The monoisotopic (exact) mass is 300 g/mol. The van der Waals surface area contributed by atoms with Crippen LogP contribution in [0.1, 0.15) is 42.5 Å². The predicted octanol–water partition coefficient (Wildman–Crippen LogP) is 0.617. The van der Waals surface area contributed by atoms with Crippen LogP contribution in [0.2, 0.25) is 0 Å². The van der Waals surface area contributed by atoms with E-state index in [1.54, 1.807) is 23.0 Å². The molecule has 0 saturated carbocycles. The van der Waals surface area contributed by atoms with Gasteiger partial charge in [-0.2, -0.15) is 9.61 Å². The van der Waals surface area contributed by atoms with E-state index in [-0.39, 0.29) is 11.9 Å². The molecule has 0 aliphatic heterocycles. The number of hydrogen-bond acceptors (Lipinski definition) is 6. The smallest absolute Gasteiger partial charge is 0.253 e. The molecule has 1 amide bonds. The molecule has 0 aliphatic carbocycles. The number of amides is 1. The number of nitrogens with one attached hydrogen (secondary N) is 1. The summed E-state index contributed by atoms with van der Waals surface area (Å²) in [4.78, 5) is 16.7. The normalized spacial score (nSPS) is 12.5. The molecule has 0 radical (unpaired) electrons. The number of carbonyl (C=O) groups is 1. The van der Waals surface area contributed by atoms with Crippen molar-refractivity contribution in [3.8, 4) is 0 Å². The van der Waals surface area contributed by atoms with Gasteiger partial charge in [0.15, 0.2) is 5.65 Å². The van der Waals surface area contributed by atoms with Crippen molar-refractivity contribution < 1.29 is 4.79 Å². The van der Waals surface area contributed by atoms with E-state index in [1.165, 1.54) is 10.8 Å². The summed E-state index contributed by atoms with van der Waals surface area (Å²) >= 11 is 0. The SMILES string of the molecule is CC[C@H](NC(=O)c1ccc2nnnn2c1)c1ncnn1CC. The predicted molar refractivity (Wildman–Crippen MR) is 77.0 cm³/mol. The van der Waals surface area contributed by atoms with E-state index in [4.69, 9.17) is 0 Å². The Morgan fingerprint density at radius 1 is 1.36 bits per heavy atom. The van der Waals surface area contributed by atoms with Gasteiger partial charge in [0.1, 0.15) is 12.2 Å². The zero-order valence-corrected chi connectivity index (χ0v) is 12.3. The maximum Gasteiger partial charge on any atom is 0.253 e. The lowest BCUT2D eigenvalue weighted by Crippen LogP contribution is -2.30. The first-order valence-electron chi connectivity index (χ1n) is 7.09. The van der Waals surface area contributed by atoms with Gasteiger partial charge in [-0.15, -0.1) is 5.10 Å². The van der Waals surface area contributed by atoms with Gasteiger partial charge in [0.2, 0.25) is 0 Å². The summed E-state index contributed by atoms with van der Waals surface area (Å²) in [5.41, 5.74) is 1.08. The number of pyridine rings is 1. The van der Waals surface area contributed by atoms with Crippen LogP contribution in [0.3, 0.4) is 0 Å². The van der Waals surface area contributed by atoms with Gasteiger partial charge in [0.05, 0.1) is 11.6 Å². The molecule has 9 nitrogen and oxygen atoms in total. The number of rotatable bonds is 5. The van der Waals surface area contributed by atoms with Crippen LogP contribution in [-0.2, 0) is 6.54 Å². The number of hydrogen-bond donors (Lipinski definition) is 1. The Balaban J connectivity index is 1.82. The molecule has 0 aromatic carbocycles. The zero-order valence-electron chi connectivity index (χ0n) is 12.3. The summed E-state index contributed by atoms with van der Waals surface area (Å²) in [5.74, 6) is 0.553. The lowest BCUT2D eigenvalue weighted by Gasteiger charge is -2.16. The van der Waals surface area contributed by atoms with Gasteiger partial charge in [-0.1, -0.05) is 6.92 Å².